The number of aromatic nitrogens is 1. The standard InChI is InChI=1S/C13H9ClN4/c14-13(11-5-7-16-8-6-11)18-17-12-3-1-10(9-15)2-4-12/h1-8,17H. The van der Waals surface area contributed by atoms with E-state index in [0.717, 1.165) is 11.3 Å². The molecule has 1 N–H and O–H groups in total. The summed E-state index contributed by atoms with van der Waals surface area (Å²) in [4.78, 5) is 3.90. The summed E-state index contributed by atoms with van der Waals surface area (Å²) in [6.07, 6.45) is 3.30. The first-order valence-electron chi connectivity index (χ1n) is 5.19. The van der Waals surface area contributed by atoms with Gasteiger partial charge in [-0.2, -0.15) is 10.4 Å². The SMILES string of the molecule is N#Cc1ccc(NN=C(Cl)c2ccncc2)cc1. The van der Waals surface area contributed by atoms with Crippen LogP contribution in [0.25, 0.3) is 0 Å². The van der Waals surface area contributed by atoms with Crippen LogP contribution in [0.2, 0.25) is 0 Å². The smallest absolute Gasteiger partial charge is 0.156 e. The fourth-order valence-corrected chi connectivity index (χ4v) is 1.46. The van der Waals surface area contributed by atoms with Crippen molar-refractivity contribution in [1.82, 2.24) is 4.98 Å². The first-order valence-corrected chi connectivity index (χ1v) is 5.57. The average molecular weight is 257 g/mol. The number of nitriles is 1. The Morgan fingerprint density at radius 3 is 2.44 bits per heavy atom. The summed E-state index contributed by atoms with van der Waals surface area (Å²) in [5.74, 6) is 0. The number of anilines is 1. The molecule has 1 aromatic heterocycles. The Bertz CT molecular complexity index is 585. The highest BCUT2D eigenvalue weighted by Crippen LogP contribution is 2.10. The first kappa shape index (κ1) is 12.1. The zero-order valence-corrected chi connectivity index (χ0v) is 10.1. The Morgan fingerprint density at radius 1 is 1.17 bits per heavy atom. The lowest BCUT2D eigenvalue weighted by Crippen LogP contribution is -1.97. The van der Waals surface area contributed by atoms with Gasteiger partial charge in [-0.3, -0.25) is 10.4 Å². The quantitative estimate of drug-likeness (QED) is 0.678. The molecule has 88 valence electrons. The number of rotatable bonds is 3. The topological polar surface area (TPSA) is 61.1 Å². The number of nitrogens with zero attached hydrogens (tertiary/aromatic N) is 3. The van der Waals surface area contributed by atoms with Crippen LogP contribution in [0.15, 0.2) is 53.9 Å². The molecule has 0 radical (unpaired) electrons. The van der Waals surface area contributed by atoms with Crippen molar-refractivity contribution >= 4 is 22.5 Å². The van der Waals surface area contributed by atoms with E-state index in [4.69, 9.17) is 16.9 Å². The van der Waals surface area contributed by atoms with E-state index in [1.54, 1.807) is 48.8 Å². The Labute approximate surface area is 110 Å². The molecule has 4 nitrogen and oxygen atoms in total. The second kappa shape index (κ2) is 5.80. The number of nitrogens with one attached hydrogen (secondary N) is 1. The Morgan fingerprint density at radius 2 is 1.83 bits per heavy atom. The van der Waals surface area contributed by atoms with Crippen LogP contribution in [0.3, 0.4) is 0 Å². The Kier molecular flexibility index (Phi) is 3.90. The molecule has 1 aromatic carbocycles. The zero-order valence-electron chi connectivity index (χ0n) is 9.34. The molecule has 2 aromatic rings. The van der Waals surface area contributed by atoms with Gasteiger partial charge >= 0.3 is 0 Å². The van der Waals surface area contributed by atoms with Crippen LogP contribution in [0.4, 0.5) is 5.69 Å². The van der Waals surface area contributed by atoms with E-state index in [2.05, 4.69) is 15.5 Å². The number of hydrazone groups is 1. The number of pyridine rings is 1. The third kappa shape index (κ3) is 3.06. The summed E-state index contributed by atoms with van der Waals surface area (Å²) < 4.78 is 0. The fraction of sp³-hybridized carbons (Fsp3) is 0. The van der Waals surface area contributed by atoms with Crippen molar-refractivity contribution in [3.63, 3.8) is 0 Å². The van der Waals surface area contributed by atoms with Crippen LogP contribution in [0, 0.1) is 11.3 Å². The van der Waals surface area contributed by atoms with E-state index in [0.29, 0.717) is 10.7 Å². The number of hydrogen-bond acceptors (Lipinski definition) is 4. The molecule has 1 heterocycles. The fourth-order valence-electron chi connectivity index (χ4n) is 1.29. The molecule has 0 aliphatic rings. The molecule has 0 bridgehead atoms. The zero-order chi connectivity index (χ0) is 12.8. The van der Waals surface area contributed by atoms with Gasteiger partial charge in [-0.15, -0.1) is 0 Å². The highest BCUT2D eigenvalue weighted by Gasteiger charge is 1.98. The molecule has 0 saturated carbocycles. The van der Waals surface area contributed by atoms with E-state index in [1.807, 2.05) is 6.07 Å². The molecule has 0 amide bonds. The molecule has 0 saturated heterocycles. The number of halogens is 1. The molecule has 0 atom stereocenters. The van der Waals surface area contributed by atoms with Crippen LogP contribution in [0.5, 0.6) is 0 Å². The Balaban J connectivity index is 2.08. The normalized spacial score (nSPS) is 10.8. The number of hydrogen-bond donors (Lipinski definition) is 1. The van der Waals surface area contributed by atoms with Gasteiger partial charge in [-0.1, -0.05) is 11.6 Å². The van der Waals surface area contributed by atoms with Crippen LogP contribution in [0.1, 0.15) is 11.1 Å². The van der Waals surface area contributed by atoms with E-state index in [1.165, 1.54) is 0 Å². The maximum absolute atomic E-state index is 8.67. The molecule has 18 heavy (non-hydrogen) atoms. The van der Waals surface area contributed by atoms with Gasteiger partial charge in [0.15, 0.2) is 5.17 Å². The Hall–Kier alpha value is -2.38. The van der Waals surface area contributed by atoms with Gasteiger partial charge in [-0.05, 0) is 36.4 Å². The van der Waals surface area contributed by atoms with Crippen LogP contribution >= 0.6 is 11.6 Å². The first-order chi connectivity index (χ1) is 8.79. The highest BCUT2D eigenvalue weighted by atomic mass is 35.5. The summed E-state index contributed by atoms with van der Waals surface area (Å²) in [5.41, 5.74) is 4.97. The van der Waals surface area contributed by atoms with Crippen molar-refractivity contribution in [3.8, 4) is 6.07 Å². The minimum Gasteiger partial charge on any atom is -0.277 e. The van der Waals surface area contributed by atoms with Crippen molar-refractivity contribution in [2.24, 2.45) is 5.10 Å². The maximum Gasteiger partial charge on any atom is 0.156 e. The van der Waals surface area contributed by atoms with E-state index in [9.17, 15) is 0 Å². The second-order valence-corrected chi connectivity index (χ2v) is 3.80. The van der Waals surface area contributed by atoms with Gasteiger partial charge in [0.2, 0.25) is 0 Å². The van der Waals surface area contributed by atoms with Crippen molar-refractivity contribution < 1.29 is 0 Å². The lowest BCUT2D eigenvalue weighted by molar-refractivity contribution is 1.31. The van der Waals surface area contributed by atoms with Gasteiger partial charge < -0.3 is 0 Å². The van der Waals surface area contributed by atoms with Crippen molar-refractivity contribution in [1.29, 1.82) is 5.26 Å². The maximum atomic E-state index is 8.67. The van der Waals surface area contributed by atoms with Crippen molar-refractivity contribution in [2.75, 3.05) is 5.43 Å². The average Bonchev–Trinajstić information content (AvgIpc) is 2.46. The summed E-state index contributed by atoms with van der Waals surface area (Å²) in [6.45, 7) is 0. The van der Waals surface area contributed by atoms with Crippen LogP contribution in [-0.4, -0.2) is 10.2 Å². The third-order valence-corrected chi connectivity index (χ3v) is 2.52. The summed E-state index contributed by atoms with van der Waals surface area (Å²) in [5, 5.41) is 13.1. The largest absolute Gasteiger partial charge is 0.277 e. The lowest BCUT2D eigenvalue weighted by atomic mass is 10.2. The molecule has 0 spiro atoms. The van der Waals surface area contributed by atoms with E-state index >= 15 is 0 Å². The van der Waals surface area contributed by atoms with Crippen molar-refractivity contribution in [3.05, 3.63) is 59.9 Å². The molecule has 0 aliphatic heterocycles. The van der Waals surface area contributed by atoms with Gasteiger partial charge in [0.1, 0.15) is 0 Å². The van der Waals surface area contributed by atoms with Gasteiger partial charge in [0.05, 0.1) is 17.3 Å². The van der Waals surface area contributed by atoms with E-state index in [-0.39, 0.29) is 0 Å². The van der Waals surface area contributed by atoms with Gasteiger partial charge in [0, 0.05) is 18.0 Å². The third-order valence-electron chi connectivity index (χ3n) is 2.22. The molecular formula is C13H9ClN4. The predicted octanol–water partition coefficient (Wildman–Crippen LogP) is 2.97. The number of benzene rings is 1. The molecular weight excluding hydrogens is 248 g/mol. The van der Waals surface area contributed by atoms with Crippen LogP contribution < -0.4 is 5.43 Å². The lowest BCUT2D eigenvalue weighted by Gasteiger charge is -2.01. The minimum atomic E-state index is 0.349. The molecule has 2 rings (SSSR count). The second-order valence-electron chi connectivity index (χ2n) is 3.44. The van der Waals surface area contributed by atoms with Gasteiger partial charge in [0.25, 0.3) is 0 Å². The minimum absolute atomic E-state index is 0.349. The summed E-state index contributed by atoms with van der Waals surface area (Å²) >= 11 is 6.02. The molecule has 5 heteroatoms. The van der Waals surface area contributed by atoms with Gasteiger partial charge in [-0.25, -0.2) is 0 Å². The van der Waals surface area contributed by atoms with Crippen LogP contribution in [-0.2, 0) is 0 Å². The molecule has 0 aliphatic carbocycles. The molecule has 0 unspecified atom stereocenters. The highest BCUT2D eigenvalue weighted by molar-refractivity contribution is 6.69. The molecule has 0 fully saturated rings. The van der Waals surface area contributed by atoms with Crippen molar-refractivity contribution in [2.45, 2.75) is 0 Å². The summed E-state index contributed by atoms with van der Waals surface area (Å²) in [7, 11) is 0. The van der Waals surface area contributed by atoms with E-state index < -0.39 is 0 Å². The predicted molar refractivity (Wildman–Crippen MR) is 71.4 cm³/mol. The monoisotopic (exact) mass is 256 g/mol. The summed E-state index contributed by atoms with van der Waals surface area (Å²) in [6, 6.07) is 12.5.